The fourth-order valence-electron chi connectivity index (χ4n) is 2.78. The first-order valence-corrected chi connectivity index (χ1v) is 5.60. The zero-order valence-corrected chi connectivity index (χ0v) is 8.74. The Hall–Kier alpha value is -0.0800. The molecule has 76 valence electrons. The van der Waals surface area contributed by atoms with Crippen LogP contribution in [0.4, 0.5) is 0 Å². The van der Waals surface area contributed by atoms with Gasteiger partial charge in [-0.1, -0.05) is 13.8 Å². The predicted molar refractivity (Wildman–Crippen MR) is 53.5 cm³/mol. The van der Waals surface area contributed by atoms with Crippen LogP contribution in [0, 0.1) is 11.8 Å². The molecule has 0 spiro atoms. The number of hydrogen-bond acceptors (Lipinski definition) is 2. The molecule has 1 saturated heterocycles. The van der Waals surface area contributed by atoms with Gasteiger partial charge in [-0.05, 0) is 37.6 Å². The molecular formula is C11H21NO. The first-order chi connectivity index (χ1) is 6.24. The average Bonchev–Trinajstić information content (AvgIpc) is 2.72. The van der Waals surface area contributed by atoms with E-state index in [1.54, 1.807) is 0 Å². The Balaban J connectivity index is 1.91. The van der Waals surface area contributed by atoms with Gasteiger partial charge in [0.1, 0.15) is 0 Å². The molecule has 1 N–H and O–H groups in total. The van der Waals surface area contributed by atoms with E-state index in [2.05, 4.69) is 18.7 Å². The van der Waals surface area contributed by atoms with Crippen LogP contribution in [0.1, 0.15) is 33.1 Å². The zero-order chi connectivity index (χ0) is 9.42. The molecule has 0 aromatic rings. The molecule has 0 aromatic heterocycles. The highest BCUT2D eigenvalue weighted by Crippen LogP contribution is 2.40. The van der Waals surface area contributed by atoms with Gasteiger partial charge in [0.2, 0.25) is 0 Å². The molecule has 2 rings (SSSR count). The SMILES string of the molecule is CC(C)C1CCCN1C1CC1CO. The molecule has 2 fully saturated rings. The molecule has 0 bridgehead atoms. The topological polar surface area (TPSA) is 23.5 Å². The summed E-state index contributed by atoms with van der Waals surface area (Å²) in [4.78, 5) is 2.64. The van der Waals surface area contributed by atoms with E-state index >= 15 is 0 Å². The van der Waals surface area contributed by atoms with E-state index in [0.717, 1.165) is 18.0 Å². The first-order valence-electron chi connectivity index (χ1n) is 5.60. The smallest absolute Gasteiger partial charge is 0.0474 e. The van der Waals surface area contributed by atoms with Crippen molar-refractivity contribution in [3.05, 3.63) is 0 Å². The maximum absolute atomic E-state index is 9.03. The number of nitrogens with zero attached hydrogens (tertiary/aromatic N) is 1. The van der Waals surface area contributed by atoms with E-state index in [1.165, 1.54) is 25.8 Å². The molecule has 0 radical (unpaired) electrons. The Morgan fingerprint density at radius 1 is 1.46 bits per heavy atom. The minimum Gasteiger partial charge on any atom is -0.396 e. The molecule has 2 nitrogen and oxygen atoms in total. The standard InChI is InChI=1S/C11H21NO/c1-8(2)10-4-3-5-12(10)11-6-9(11)7-13/h8-11,13H,3-7H2,1-2H3. The average molecular weight is 183 g/mol. The van der Waals surface area contributed by atoms with Crippen LogP contribution in [0.3, 0.4) is 0 Å². The fraction of sp³-hybridized carbons (Fsp3) is 1.00. The van der Waals surface area contributed by atoms with Gasteiger partial charge in [0.05, 0.1) is 0 Å². The van der Waals surface area contributed by atoms with E-state index in [-0.39, 0.29) is 0 Å². The molecule has 0 aromatic carbocycles. The molecule has 1 saturated carbocycles. The summed E-state index contributed by atoms with van der Waals surface area (Å²) in [5.41, 5.74) is 0. The van der Waals surface area contributed by atoms with Crippen LogP contribution < -0.4 is 0 Å². The van der Waals surface area contributed by atoms with Gasteiger partial charge in [-0.15, -0.1) is 0 Å². The second-order valence-corrected chi connectivity index (χ2v) is 4.94. The van der Waals surface area contributed by atoms with E-state index in [0.29, 0.717) is 12.5 Å². The highest BCUT2D eigenvalue weighted by Gasteiger charge is 2.45. The summed E-state index contributed by atoms with van der Waals surface area (Å²) >= 11 is 0. The molecule has 0 amide bonds. The molecule has 1 heterocycles. The van der Waals surface area contributed by atoms with Crippen molar-refractivity contribution in [3.63, 3.8) is 0 Å². The van der Waals surface area contributed by atoms with Crippen LogP contribution in [0.25, 0.3) is 0 Å². The maximum atomic E-state index is 9.03. The Morgan fingerprint density at radius 2 is 2.23 bits per heavy atom. The lowest BCUT2D eigenvalue weighted by Gasteiger charge is -2.27. The van der Waals surface area contributed by atoms with Crippen molar-refractivity contribution in [3.8, 4) is 0 Å². The minimum absolute atomic E-state index is 0.395. The molecular weight excluding hydrogens is 162 g/mol. The van der Waals surface area contributed by atoms with Gasteiger partial charge in [-0.2, -0.15) is 0 Å². The van der Waals surface area contributed by atoms with Gasteiger partial charge in [0.25, 0.3) is 0 Å². The highest BCUT2D eigenvalue weighted by molar-refractivity contribution is 4.99. The summed E-state index contributed by atoms with van der Waals surface area (Å²) in [5.74, 6) is 1.38. The van der Waals surface area contributed by atoms with Gasteiger partial charge in [-0.3, -0.25) is 4.90 Å². The summed E-state index contributed by atoms with van der Waals surface area (Å²) in [6.45, 7) is 6.30. The van der Waals surface area contributed by atoms with Crippen molar-refractivity contribution < 1.29 is 5.11 Å². The third kappa shape index (κ3) is 1.75. The van der Waals surface area contributed by atoms with Crippen molar-refractivity contribution in [2.45, 2.75) is 45.2 Å². The van der Waals surface area contributed by atoms with E-state index < -0.39 is 0 Å². The number of rotatable bonds is 3. The zero-order valence-electron chi connectivity index (χ0n) is 8.74. The third-order valence-electron chi connectivity index (χ3n) is 3.66. The molecule has 1 aliphatic heterocycles. The van der Waals surface area contributed by atoms with Crippen LogP contribution in [0.5, 0.6) is 0 Å². The molecule has 1 aliphatic carbocycles. The normalized spacial score (nSPS) is 40.2. The van der Waals surface area contributed by atoms with Crippen molar-refractivity contribution in [1.29, 1.82) is 0 Å². The number of likely N-dealkylation sites (tertiary alicyclic amines) is 1. The number of aliphatic hydroxyl groups is 1. The van der Waals surface area contributed by atoms with E-state index in [1.807, 2.05) is 0 Å². The Labute approximate surface area is 80.9 Å². The van der Waals surface area contributed by atoms with Gasteiger partial charge >= 0.3 is 0 Å². The van der Waals surface area contributed by atoms with E-state index in [4.69, 9.17) is 5.11 Å². The summed E-state index contributed by atoms with van der Waals surface area (Å²) in [5, 5.41) is 9.03. The van der Waals surface area contributed by atoms with Crippen molar-refractivity contribution >= 4 is 0 Å². The second kappa shape index (κ2) is 3.58. The predicted octanol–water partition coefficient (Wildman–Crippen LogP) is 1.49. The number of aliphatic hydroxyl groups excluding tert-OH is 1. The lowest BCUT2D eigenvalue weighted by atomic mass is 10.0. The second-order valence-electron chi connectivity index (χ2n) is 4.94. The van der Waals surface area contributed by atoms with Gasteiger partial charge in [-0.25, -0.2) is 0 Å². The Bertz CT molecular complexity index is 181. The summed E-state index contributed by atoms with van der Waals surface area (Å²) < 4.78 is 0. The summed E-state index contributed by atoms with van der Waals surface area (Å²) in [6.07, 6.45) is 3.96. The largest absolute Gasteiger partial charge is 0.396 e. The summed E-state index contributed by atoms with van der Waals surface area (Å²) in [6, 6.07) is 1.52. The van der Waals surface area contributed by atoms with Crippen LogP contribution in [-0.4, -0.2) is 35.2 Å². The lowest BCUT2D eigenvalue weighted by Crippen LogP contribution is -2.36. The molecule has 3 atom stereocenters. The fourth-order valence-corrected chi connectivity index (χ4v) is 2.78. The molecule has 13 heavy (non-hydrogen) atoms. The third-order valence-corrected chi connectivity index (χ3v) is 3.66. The van der Waals surface area contributed by atoms with Crippen LogP contribution in [-0.2, 0) is 0 Å². The van der Waals surface area contributed by atoms with Crippen molar-refractivity contribution in [2.75, 3.05) is 13.2 Å². The highest BCUT2D eigenvalue weighted by atomic mass is 16.3. The molecule has 2 heteroatoms. The first kappa shape index (κ1) is 9.47. The van der Waals surface area contributed by atoms with Crippen LogP contribution in [0.15, 0.2) is 0 Å². The molecule has 3 unspecified atom stereocenters. The Kier molecular flexibility index (Phi) is 2.61. The van der Waals surface area contributed by atoms with Gasteiger partial charge < -0.3 is 5.11 Å². The van der Waals surface area contributed by atoms with E-state index in [9.17, 15) is 0 Å². The maximum Gasteiger partial charge on any atom is 0.0474 e. The monoisotopic (exact) mass is 183 g/mol. The van der Waals surface area contributed by atoms with Crippen molar-refractivity contribution in [1.82, 2.24) is 4.90 Å². The summed E-state index contributed by atoms with van der Waals surface area (Å²) in [7, 11) is 0. The van der Waals surface area contributed by atoms with Gasteiger partial charge in [0.15, 0.2) is 0 Å². The van der Waals surface area contributed by atoms with Gasteiger partial charge in [0, 0.05) is 18.7 Å². The van der Waals surface area contributed by atoms with Crippen LogP contribution in [0.2, 0.25) is 0 Å². The van der Waals surface area contributed by atoms with Crippen LogP contribution >= 0.6 is 0 Å². The lowest BCUT2D eigenvalue weighted by molar-refractivity contribution is 0.173. The molecule has 2 aliphatic rings. The number of hydrogen-bond donors (Lipinski definition) is 1. The Morgan fingerprint density at radius 3 is 2.77 bits per heavy atom. The quantitative estimate of drug-likeness (QED) is 0.716. The van der Waals surface area contributed by atoms with Crippen molar-refractivity contribution in [2.24, 2.45) is 11.8 Å². The minimum atomic E-state index is 0.395.